The van der Waals surface area contributed by atoms with Crippen LogP contribution in [-0.4, -0.2) is 63.4 Å². The third kappa shape index (κ3) is 4.35. The molecule has 7 nitrogen and oxygen atoms in total. The molecule has 0 unspecified atom stereocenters. The largest absolute Gasteiger partial charge is 0.493 e. The molecule has 1 aliphatic rings. The summed E-state index contributed by atoms with van der Waals surface area (Å²) in [5.74, 6) is -0.00686. The van der Waals surface area contributed by atoms with E-state index in [1.54, 1.807) is 23.1 Å². The van der Waals surface area contributed by atoms with E-state index in [9.17, 15) is 17.6 Å². The van der Waals surface area contributed by atoms with E-state index >= 15 is 0 Å². The number of hydrogen-bond acceptors (Lipinski definition) is 5. The molecule has 1 saturated heterocycles. The van der Waals surface area contributed by atoms with Gasteiger partial charge in [0.2, 0.25) is 10.0 Å². The van der Waals surface area contributed by atoms with Gasteiger partial charge in [0.25, 0.3) is 5.91 Å². The van der Waals surface area contributed by atoms with E-state index in [0.29, 0.717) is 23.7 Å². The average Bonchev–Trinajstić information content (AvgIpc) is 2.74. The molecule has 0 bridgehead atoms. The first-order chi connectivity index (χ1) is 13.9. The highest BCUT2D eigenvalue weighted by Gasteiger charge is 2.32. The molecule has 0 radical (unpaired) electrons. The van der Waals surface area contributed by atoms with Crippen molar-refractivity contribution in [2.75, 3.05) is 39.9 Å². The Kier molecular flexibility index (Phi) is 6.39. The van der Waals surface area contributed by atoms with Crippen LogP contribution in [0.4, 0.5) is 4.39 Å². The van der Waals surface area contributed by atoms with Gasteiger partial charge < -0.3 is 14.4 Å². The normalized spacial score (nSPS) is 15.2. The summed E-state index contributed by atoms with van der Waals surface area (Å²) in [5.41, 5.74) is 0.427. The van der Waals surface area contributed by atoms with E-state index in [1.165, 1.54) is 29.6 Å². The molecule has 29 heavy (non-hydrogen) atoms. The summed E-state index contributed by atoms with van der Waals surface area (Å²) in [4.78, 5) is 14.0. The van der Waals surface area contributed by atoms with Crippen molar-refractivity contribution in [3.8, 4) is 11.5 Å². The van der Waals surface area contributed by atoms with Crippen LogP contribution in [0.1, 0.15) is 17.3 Å². The molecule has 0 spiro atoms. The number of halogens is 1. The first-order valence-electron chi connectivity index (χ1n) is 9.23. The molecule has 0 N–H and O–H groups in total. The zero-order valence-corrected chi connectivity index (χ0v) is 17.1. The number of hydrogen-bond donors (Lipinski definition) is 0. The predicted molar refractivity (Wildman–Crippen MR) is 105 cm³/mol. The Morgan fingerprint density at radius 1 is 1.07 bits per heavy atom. The summed E-state index contributed by atoms with van der Waals surface area (Å²) in [6.45, 7) is 2.94. The van der Waals surface area contributed by atoms with Crippen LogP contribution in [-0.2, 0) is 10.0 Å². The number of amides is 1. The van der Waals surface area contributed by atoms with Crippen molar-refractivity contribution in [3.63, 3.8) is 0 Å². The maximum atomic E-state index is 13.9. The highest BCUT2D eigenvalue weighted by atomic mass is 32.2. The average molecular weight is 422 g/mol. The van der Waals surface area contributed by atoms with Crippen molar-refractivity contribution < 1.29 is 27.1 Å². The van der Waals surface area contributed by atoms with Gasteiger partial charge in [-0.2, -0.15) is 4.31 Å². The number of rotatable bonds is 6. The minimum Gasteiger partial charge on any atom is -0.493 e. The molecule has 1 fully saturated rings. The molecule has 0 aromatic heterocycles. The van der Waals surface area contributed by atoms with Gasteiger partial charge >= 0.3 is 0 Å². The number of sulfonamides is 1. The summed E-state index contributed by atoms with van der Waals surface area (Å²) in [5, 5.41) is 0. The van der Waals surface area contributed by atoms with E-state index in [2.05, 4.69) is 0 Å². The lowest BCUT2D eigenvalue weighted by atomic mass is 10.1. The lowest BCUT2D eigenvalue weighted by Crippen LogP contribution is -2.50. The molecule has 1 heterocycles. The Balaban J connectivity index is 1.71. The van der Waals surface area contributed by atoms with Crippen molar-refractivity contribution >= 4 is 15.9 Å². The molecule has 0 saturated carbocycles. The summed E-state index contributed by atoms with van der Waals surface area (Å²) >= 11 is 0. The summed E-state index contributed by atoms with van der Waals surface area (Å²) in [6, 6.07) is 10.2. The Morgan fingerprint density at radius 3 is 2.38 bits per heavy atom. The third-order valence-electron chi connectivity index (χ3n) is 4.69. The van der Waals surface area contributed by atoms with E-state index in [0.717, 1.165) is 6.07 Å². The second-order valence-electron chi connectivity index (χ2n) is 6.43. The molecule has 0 atom stereocenters. The van der Waals surface area contributed by atoms with Crippen LogP contribution >= 0.6 is 0 Å². The van der Waals surface area contributed by atoms with Gasteiger partial charge in [0.1, 0.15) is 10.7 Å². The van der Waals surface area contributed by atoms with Crippen LogP contribution in [0, 0.1) is 5.82 Å². The maximum absolute atomic E-state index is 13.9. The van der Waals surface area contributed by atoms with Crippen LogP contribution in [0.15, 0.2) is 47.4 Å². The van der Waals surface area contributed by atoms with Gasteiger partial charge in [-0.1, -0.05) is 12.1 Å². The van der Waals surface area contributed by atoms with Crippen LogP contribution < -0.4 is 9.47 Å². The minimum atomic E-state index is -3.95. The number of ether oxygens (including phenoxy) is 2. The number of carbonyl (C=O) groups excluding carboxylic acids is 1. The van der Waals surface area contributed by atoms with Crippen LogP contribution in [0.2, 0.25) is 0 Å². The molecular formula is C20H23FN2O5S. The van der Waals surface area contributed by atoms with E-state index in [-0.39, 0.29) is 37.0 Å². The third-order valence-corrected chi connectivity index (χ3v) is 6.62. The lowest BCUT2D eigenvalue weighted by molar-refractivity contribution is 0.0697. The van der Waals surface area contributed by atoms with Crippen molar-refractivity contribution in [2.24, 2.45) is 0 Å². The van der Waals surface area contributed by atoms with Crippen molar-refractivity contribution in [1.82, 2.24) is 9.21 Å². The molecular weight excluding hydrogens is 399 g/mol. The van der Waals surface area contributed by atoms with Crippen molar-refractivity contribution in [3.05, 3.63) is 53.8 Å². The monoisotopic (exact) mass is 422 g/mol. The Labute approximate surface area is 169 Å². The zero-order chi connectivity index (χ0) is 21.0. The fourth-order valence-electron chi connectivity index (χ4n) is 3.18. The first-order valence-corrected chi connectivity index (χ1v) is 10.7. The lowest BCUT2D eigenvalue weighted by Gasteiger charge is -2.34. The zero-order valence-electron chi connectivity index (χ0n) is 16.3. The number of methoxy groups -OCH3 is 1. The molecule has 3 rings (SSSR count). The van der Waals surface area contributed by atoms with Gasteiger partial charge in [-0.15, -0.1) is 0 Å². The van der Waals surface area contributed by atoms with Gasteiger partial charge in [-0.3, -0.25) is 4.79 Å². The number of carbonyl (C=O) groups is 1. The molecule has 2 aromatic carbocycles. The van der Waals surface area contributed by atoms with Gasteiger partial charge in [-0.25, -0.2) is 12.8 Å². The highest BCUT2D eigenvalue weighted by molar-refractivity contribution is 7.89. The number of nitrogens with zero attached hydrogens (tertiary/aromatic N) is 2. The standard InChI is InChI=1S/C20H23FN2O5S/c1-3-28-17-9-8-15(14-18(17)27-2)20(24)22-10-12-23(13-11-22)29(25,26)19-7-5-4-6-16(19)21/h4-9,14H,3,10-13H2,1-2H3. The quantitative estimate of drug-likeness (QED) is 0.715. The molecule has 9 heteroatoms. The van der Waals surface area contributed by atoms with Gasteiger partial charge in [0.15, 0.2) is 11.5 Å². The SMILES string of the molecule is CCOc1ccc(C(=O)N2CCN(S(=O)(=O)c3ccccc3F)CC2)cc1OC. The van der Waals surface area contributed by atoms with E-state index in [4.69, 9.17) is 9.47 Å². The number of benzene rings is 2. The van der Waals surface area contributed by atoms with Crippen LogP contribution in [0.25, 0.3) is 0 Å². The summed E-state index contributed by atoms with van der Waals surface area (Å²) in [7, 11) is -2.45. The summed E-state index contributed by atoms with van der Waals surface area (Å²) in [6.07, 6.45) is 0. The second-order valence-corrected chi connectivity index (χ2v) is 8.33. The highest BCUT2D eigenvalue weighted by Crippen LogP contribution is 2.29. The maximum Gasteiger partial charge on any atom is 0.254 e. The minimum absolute atomic E-state index is 0.0938. The number of piperazine rings is 1. The van der Waals surface area contributed by atoms with Crippen molar-refractivity contribution in [1.29, 1.82) is 0 Å². The first kappa shape index (κ1) is 21.1. The second kappa shape index (κ2) is 8.79. The molecule has 2 aromatic rings. The van der Waals surface area contributed by atoms with Gasteiger partial charge in [0, 0.05) is 31.7 Å². The fraction of sp³-hybridized carbons (Fsp3) is 0.350. The van der Waals surface area contributed by atoms with Gasteiger partial charge in [-0.05, 0) is 37.3 Å². The fourth-order valence-corrected chi connectivity index (χ4v) is 4.67. The van der Waals surface area contributed by atoms with Crippen LogP contribution in [0.5, 0.6) is 11.5 Å². The summed E-state index contributed by atoms with van der Waals surface area (Å²) < 4.78 is 51.3. The van der Waals surface area contributed by atoms with Gasteiger partial charge in [0.05, 0.1) is 13.7 Å². The topological polar surface area (TPSA) is 76.2 Å². The molecule has 0 aliphatic carbocycles. The molecule has 1 amide bonds. The van der Waals surface area contributed by atoms with Crippen LogP contribution in [0.3, 0.4) is 0 Å². The smallest absolute Gasteiger partial charge is 0.254 e. The van der Waals surface area contributed by atoms with Crippen molar-refractivity contribution in [2.45, 2.75) is 11.8 Å². The van der Waals surface area contributed by atoms with E-state index < -0.39 is 15.8 Å². The molecule has 156 valence electrons. The Hall–Kier alpha value is -2.65. The Morgan fingerprint density at radius 2 is 1.76 bits per heavy atom. The molecule has 1 aliphatic heterocycles. The predicted octanol–water partition coefficient (Wildman–Crippen LogP) is 2.38. The Bertz CT molecular complexity index is 988. The van der Waals surface area contributed by atoms with E-state index in [1.807, 2.05) is 6.92 Å².